The molecule has 2 amide bonds. The van der Waals surface area contributed by atoms with Crippen LogP contribution in [0, 0.1) is 0 Å². The molecule has 0 aliphatic carbocycles. The zero-order valence-corrected chi connectivity index (χ0v) is 14.9. The summed E-state index contributed by atoms with van der Waals surface area (Å²) in [6, 6.07) is 10.7. The van der Waals surface area contributed by atoms with E-state index in [1.165, 1.54) is 0 Å². The first kappa shape index (κ1) is 17.0. The molecule has 0 spiro atoms. The predicted molar refractivity (Wildman–Crippen MR) is 97.8 cm³/mol. The van der Waals surface area contributed by atoms with Gasteiger partial charge in [-0.05, 0) is 24.3 Å². The predicted octanol–water partition coefficient (Wildman–Crippen LogP) is 1.34. The van der Waals surface area contributed by atoms with Crippen molar-refractivity contribution in [3.05, 3.63) is 60.0 Å². The maximum absolute atomic E-state index is 12.8. The van der Waals surface area contributed by atoms with Gasteiger partial charge in [-0.3, -0.25) is 14.0 Å². The maximum Gasteiger partial charge on any atom is 0.257 e. The van der Waals surface area contributed by atoms with Gasteiger partial charge in [0.1, 0.15) is 12.1 Å². The fourth-order valence-electron chi connectivity index (χ4n) is 3.24. The second kappa shape index (κ2) is 7.06. The molecule has 0 radical (unpaired) electrons. The number of ether oxygens (including phenoxy) is 1. The van der Waals surface area contributed by atoms with Crippen molar-refractivity contribution >= 4 is 17.5 Å². The van der Waals surface area contributed by atoms with Gasteiger partial charge in [0.15, 0.2) is 5.65 Å². The van der Waals surface area contributed by atoms with E-state index in [0.717, 1.165) is 0 Å². The van der Waals surface area contributed by atoms with E-state index in [9.17, 15) is 9.59 Å². The van der Waals surface area contributed by atoms with Gasteiger partial charge in [-0.2, -0.15) is 0 Å². The van der Waals surface area contributed by atoms with Gasteiger partial charge in [0, 0.05) is 37.9 Å². The topological polar surface area (TPSA) is 80.0 Å². The zero-order valence-electron chi connectivity index (χ0n) is 14.9. The number of hydrogen-bond acceptors (Lipinski definition) is 5. The van der Waals surface area contributed by atoms with Gasteiger partial charge in [-0.15, -0.1) is 10.2 Å². The molecule has 0 atom stereocenters. The smallest absolute Gasteiger partial charge is 0.257 e. The summed E-state index contributed by atoms with van der Waals surface area (Å²) >= 11 is 0. The largest absolute Gasteiger partial charge is 0.496 e. The van der Waals surface area contributed by atoms with Crippen molar-refractivity contribution in [1.82, 2.24) is 24.4 Å². The molecular formula is C19H19N5O3. The number of carbonyl (C=O) groups is 2. The third kappa shape index (κ3) is 3.21. The van der Waals surface area contributed by atoms with Crippen molar-refractivity contribution in [3.8, 4) is 5.75 Å². The van der Waals surface area contributed by atoms with Crippen LogP contribution >= 0.6 is 0 Å². The number of para-hydroxylation sites is 1. The standard InChI is InChI=1S/C19H19N5O3/c1-27-16-5-3-2-4-15(16)19(26)23-10-8-22(9-11-23)18(25)14-6-7-24-13-20-21-17(24)12-14/h2-7,12-13H,8-11H2,1H3. The van der Waals surface area contributed by atoms with E-state index in [2.05, 4.69) is 10.2 Å². The molecule has 1 aromatic carbocycles. The zero-order chi connectivity index (χ0) is 18.8. The molecule has 1 fully saturated rings. The highest BCUT2D eigenvalue weighted by molar-refractivity contribution is 5.98. The van der Waals surface area contributed by atoms with E-state index in [1.54, 1.807) is 58.1 Å². The highest BCUT2D eigenvalue weighted by Gasteiger charge is 2.27. The Bertz CT molecular complexity index is 992. The lowest BCUT2D eigenvalue weighted by Gasteiger charge is -2.35. The molecule has 27 heavy (non-hydrogen) atoms. The first-order valence-electron chi connectivity index (χ1n) is 8.68. The van der Waals surface area contributed by atoms with Crippen molar-refractivity contribution in [2.45, 2.75) is 0 Å². The van der Waals surface area contributed by atoms with E-state index >= 15 is 0 Å². The number of fused-ring (bicyclic) bond motifs is 1. The molecule has 1 saturated heterocycles. The fourth-order valence-corrected chi connectivity index (χ4v) is 3.24. The number of nitrogens with zero attached hydrogens (tertiary/aromatic N) is 5. The SMILES string of the molecule is COc1ccccc1C(=O)N1CCN(C(=O)c2ccn3cnnc3c2)CC1. The summed E-state index contributed by atoms with van der Waals surface area (Å²) in [7, 11) is 1.55. The summed E-state index contributed by atoms with van der Waals surface area (Å²) in [6.45, 7) is 1.93. The Morgan fingerprint density at radius 3 is 2.44 bits per heavy atom. The molecule has 1 aliphatic rings. The fraction of sp³-hybridized carbons (Fsp3) is 0.263. The Labute approximate surface area is 156 Å². The molecule has 2 aromatic heterocycles. The first-order valence-corrected chi connectivity index (χ1v) is 8.68. The number of carbonyl (C=O) groups excluding carboxylic acids is 2. The van der Waals surface area contributed by atoms with Crippen LogP contribution in [0.2, 0.25) is 0 Å². The molecule has 0 saturated carbocycles. The number of rotatable bonds is 3. The summed E-state index contributed by atoms with van der Waals surface area (Å²) in [5, 5.41) is 7.79. The number of pyridine rings is 1. The van der Waals surface area contributed by atoms with Crippen LogP contribution in [0.4, 0.5) is 0 Å². The Kier molecular flexibility index (Phi) is 4.45. The second-order valence-electron chi connectivity index (χ2n) is 6.30. The number of hydrogen-bond donors (Lipinski definition) is 0. The molecule has 3 aromatic rings. The van der Waals surface area contributed by atoms with Crippen LogP contribution in [0.5, 0.6) is 5.75 Å². The third-order valence-electron chi connectivity index (χ3n) is 4.74. The van der Waals surface area contributed by atoms with Crippen molar-refractivity contribution in [2.24, 2.45) is 0 Å². The molecule has 0 N–H and O–H groups in total. The number of amides is 2. The minimum absolute atomic E-state index is 0.0649. The molecule has 4 rings (SSSR count). The van der Waals surface area contributed by atoms with Crippen LogP contribution in [-0.2, 0) is 0 Å². The highest BCUT2D eigenvalue weighted by Crippen LogP contribution is 2.20. The molecule has 3 heterocycles. The average molecular weight is 365 g/mol. The van der Waals surface area contributed by atoms with E-state index < -0.39 is 0 Å². The number of methoxy groups -OCH3 is 1. The van der Waals surface area contributed by atoms with Gasteiger partial charge in [0.25, 0.3) is 11.8 Å². The van der Waals surface area contributed by atoms with E-state index in [0.29, 0.717) is 48.7 Å². The van der Waals surface area contributed by atoms with E-state index in [4.69, 9.17) is 4.74 Å². The Morgan fingerprint density at radius 1 is 1.00 bits per heavy atom. The van der Waals surface area contributed by atoms with Crippen LogP contribution < -0.4 is 4.74 Å². The third-order valence-corrected chi connectivity index (χ3v) is 4.74. The molecule has 0 bridgehead atoms. The van der Waals surface area contributed by atoms with Gasteiger partial charge in [-0.25, -0.2) is 0 Å². The molecule has 0 unspecified atom stereocenters. The van der Waals surface area contributed by atoms with Crippen molar-refractivity contribution < 1.29 is 14.3 Å². The van der Waals surface area contributed by atoms with Gasteiger partial charge < -0.3 is 14.5 Å². The quantitative estimate of drug-likeness (QED) is 0.700. The number of piperazine rings is 1. The van der Waals surface area contributed by atoms with Gasteiger partial charge in [-0.1, -0.05) is 12.1 Å². The minimum atomic E-state index is -0.0792. The highest BCUT2D eigenvalue weighted by atomic mass is 16.5. The summed E-state index contributed by atoms with van der Waals surface area (Å²) in [4.78, 5) is 29.0. The molecule has 138 valence electrons. The Hall–Kier alpha value is -3.42. The number of benzene rings is 1. The summed E-state index contributed by atoms with van der Waals surface area (Å²) < 4.78 is 7.03. The molecular weight excluding hydrogens is 346 g/mol. The lowest BCUT2D eigenvalue weighted by molar-refractivity contribution is 0.0533. The van der Waals surface area contributed by atoms with E-state index in [-0.39, 0.29) is 11.8 Å². The lowest BCUT2D eigenvalue weighted by atomic mass is 10.1. The molecule has 8 heteroatoms. The average Bonchev–Trinajstić information content (AvgIpc) is 3.20. The monoisotopic (exact) mass is 365 g/mol. The first-order chi connectivity index (χ1) is 13.2. The van der Waals surface area contributed by atoms with Crippen molar-refractivity contribution in [3.63, 3.8) is 0 Å². The maximum atomic E-state index is 12.8. The molecule has 8 nitrogen and oxygen atoms in total. The van der Waals surface area contributed by atoms with Crippen LogP contribution in [-0.4, -0.2) is 69.5 Å². The van der Waals surface area contributed by atoms with Gasteiger partial charge in [0.2, 0.25) is 0 Å². The van der Waals surface area contributed by atoms with Crippen LogP contribution in [0.25, 0.3) is 5.65 Å². The van der Waals surface area contributed by atoms with Crippen molar-refractivity contribution in [2.75, 3.05) is 33.3 Å². The minimum Gasteiger partial charge on any atom is -0.496 e. The lowest BCUT2D eigenvalue weighted by Crippen LogP contribution is -2.50. The number of aromatic nitrogens is 3. The van der Waals surface area contributed by atoms with E-state index in [1.807, 2.05) is 12.1 Å². The van der Waals surface area contributed by atoms with Crippen molar-refractivity contribution in [1.29, 1.82) is 0 Å². The Balaban J connectivity index is 1.43. The van der Waals surface area contributed by atoms with Crippen LogP contribution in [0.3, 0.4) is 0 Å². The van der Waals surface area contributed by atoms with Gasteiger partial charge >= 0.3 is 0 Å². The summed E-state index contributed by atoms with van der Waals surface area (Å²) in [5.41, 5.74) is 1.74. The molecule has 1 aliphatic heterocycles. The summed E-state index contributed by atoms with van der Waals surface area (Å²) in [5.74, 6) is 0.414. The Morgan fingerprint density at radius 2 is 1.70 bits per heavy atom. The normalized spacial score (nSPS) is 14.4. The summed E-state index contributed by atoms with van der Waals surface area (Å²) in [6.07, 6.45) is 3.36. The second-order valence-corrected chi connectivity index (χ2v) is 6.30. The van der Waals surface area contributed by atoms with Crippen LogP contribution in [0.1, 0.15) is 20.7 Å². The van der Waals surface area contributed by atoms with Crippen LogP contribution in [0.15, 0.2) is 48.9 Å². The van der Waals surface area contributed by atoms with Gasteiger partial charge in [0.05, 0.1) is 12.7 Å².